The number of hydrogen-bond donors (Lipinski definition) is 0. The maximum atomic E-state index is 5.50. The van der Waals surface area contributed by atoms with Crippen molar-refractivity contribution in [3.63, 3.8) is 0 Å². The number of hydrogen-bond acceptors (Lipinski definition) is 2. The maximum Gasteiger partial charge on any atom is 0.235 e. The third-order valence-electron chi connectivity index (χ3n) is 11.3. The molecule has 0 unspecified atom stereocenters. The Balaban J connectivity index is 1.25. The molecule has 0 aliphatic heterocycles. The monoisotopic (exact) mass is 686 g/mol. The van der Waals surface area contributed by atoms with Gasteiger partial charge in [0.15, 0.2) is 0 Å². The van der Waals surface area contributed by atoms with E-state index in [0.29, 0.717) is 5.95 Å². The molecule has 4 heteroatoms. The second kappa shape index (κ2) is 11.1. The minimum atomic E-state index is 0.657. The van der Waals surface area contributed by atoms with Gasteiger partial charge in [-0.2, -0.15) is 0 Å². The SMILES string of the molecule is c1ccc(-c2cccc(-c3nc(-n4c5cccc6c7ccccc7c7cccc8c7c7c(c65)c4ccc7n8-c4ccccc4)nc4ccccc34)c2)cc1. The first-order valence-corrected chi connectivity index (χ1v) is 18.4. The van der Waals surface area contributed by atoms with Crippen molar-refractivity contribution in [3.8, 4) is 34.0 Å². The van der Waals surface area contributed by atoms with Gasteiger partial charge in [0.1, 0.15) is 0 Å². The van der Waals surface area contributed by atoms with Crippen molar-refractivity contribution in [1.82, 2.24) is 19.1 Å². The lowest BCUT2D eigenvalue weighted by molar-refractivity contribution is 1.01. The first-order chi connectivity index (χ1) is 26.8. The van der Waals surface area contributed by atoms with E-state index in [0.717, 1.165) is 44.4 Å². The largest absolute Gasteiger partial charge is 0.309 e. The Bertz CT molecular complexity index is 3430. The van der Waals surface area contributed by atoms with Crippen molar-refractivity contribution in [2.24, 2.45) is 0 Å². The van der Waals surface area contributed by atoms with Crippen LogP contribution in [0.3, 0.4) is 0 Å². The standard InChI is InChI=1S/C50H30N4/c1-3-14-31(15-4-1)32-16-11-17-33(30-32)49-39-22-9-10-25-40(39)51-50(52-49)54-42-27-13-24-38-36-21-8-7-20-35(36)37-23-12-26-41-45(37)47-43(28-29-44(54)48(47)46(38)42)53(41)34-18-5-2-6-19-34/h1-30H. The van der Waals surface area contributed by atoms with Crippen molar-refractivity contribution in [1.29, 1.82) is 0 Å². The van der Waals surface area contributed by atoms with Crippen LogP contribution in [0.1, 0.15) is 0 Å². The van der Waals surface area contributed by atoms with Crippen LogP contribution in [-0.4, -0.2) is 19.1 Å². The Hall–Kier alpha value is -7.30. The number of benzene rings is 8. The highest BCUT2D eigenvalue weighted by molar-refractivity contribution is 6.39. The van der Waals surface area contributed by atoms with E-state index in [1.807, 2.05) is 0 Å². The molecule has 0 aliphatic carbocycles. The number of para-hydroxylation sites is 2. The summed E-state index contributed by atoms with van der Waals surface area (Å²) in [5, 5.41) is 10.9. The second-order valence-electron chi connectivity index (χ2n) is 14.1. The molecular weight excluding hydrogens is 657 g/mol. The van der Waals surface area contributed by atoms with E-state index in [9.17, 15) is 0 Å². The van der Waals surface area contributed by atoms with Gasteiger partial charge in [0.25, 0.3) is 0 Å². The van der Waals surface area contributed by atoms with Crippen molar-refractivity contribution >= 4 is 76.1 Å². The molecule has 0 spiro atoms. The molecule has 0 saturated carbocycles. The summed E-state index contributed by atoms with van der Waals surface area (Å²) in [4.78, 5) is 10.8. The summed E-state index contributed by atoms with van der Waals surface area (Å²) in [6.07, 6.45) is 0. The number of fused-ring (bicyclic) bond motifs is 4. The van der Waals surface area contributed by atoms with Gasteiger partial charge < -0.3 is 4.57 Å². The van der Waals surface area contributed by atoms with Crippen LogP contribution in [0, 0.1) is 0 Å². The van der Waals surface area contributed by atoms with Gasteiger partial charge in [-0.15, -0.1) is 0 Å². The molecule has 12 aromatic rings. The first-order valence-electron chi connectivity index (χ1n) is 18.4. The van der Waals surface area contributed by atoms with E-state index in [-0.39, 0.29) is 0 Å². The van der Waals surface area contributed by atoms with Crippen molar-refractivity contribution in [3.05, 3.63) is 182 Å². The molecule has 9 aromatic carbocycles. The smallest absolute Gasteiger partial charge is 0.235 e. The Morgan fingerprint density at radius 3 is 1.52 bits per heavy atom. The predicted molar refractivity (Wildman–Crippen MR) is 225 cm³/mol. The fourth-order valence-corrected chi connectivity index (χ4v) is 9.03. The van der Waals surface area contributed by atoms with Crippen LogP contribution in [0.25, 0.3) is 110 Å². The van der Waals surface area contributed by atoms with Crippen LogP contribution in [0.15, 0.2) is 182 Å². The zero-order valence-corrected chi connectivity index (χ0v) is 29.1. The van der Waals surface area contributed by atoms with Crippen LogP contribution in [-0.2, 0) is 0 Å². The number of nitrogens with zero attached hydrogens (tertiary/aromatic N) is 4. The molecule has 0 aliphatic rings. The third kappa shape index (κ3) is 4.02. The lowest BCUT2D eigenvalue weighted by atomic mass is 9.95. The van der Waals surface area contributed by atoms with E-state index < -0.39 is 0 Å². The molecule has 250 valence electrons. The molecular formula is C50H30N4. The highest BCUT2D eigenvalue weighted by Crippen LogP contribution is 2.47. The van der Waals surface area contributed by atoms with Gasteiger partial charge in [0, 0.05) is 38.2 Å². The summed E-state index contributed by atoms with van der Waals surface area (Å²) in [5.74, 6) is 0.657. The van der Waals surface area contributed by atoms with Gasteiger partial charge in [-0.1, -0.05) is 133 Å². The second-order valence-corrected chi connectivity index (χ2v) is 14.1. The molecule has 0 saturated heterocycles. The summed E-state index contributed by atoms with van der Waals surface area (Å²) in [6, 6.07) is 65.3. The van der Waals surface area contributed by atoms with Gasteiger partial charge in [-0.05, 0) is 81.2 Å². The van der Waals surface area contributed by atoms with Crippen molar-refractivity contribution in [2.75, 3.05) is 0 Å². The number of rotatable bonds is 4. The van der Waals surface area contributed by atoms with Crippen LogP contribution in [0.4, 0.5) is 0 Å². The predicted octanol–water partition coefficient (Wildman–Crippen LogP) is 12.9. The van der Waals surface area contributed by atoms with Crippen LogP contribution in [0.5, 0.6) is 0 Å². The Morgan fingerprint density at radius 2 is 0.815 bits per heavy atom. The molecule has 0 atom stereocenters. The van der Waals surface area contributed by atoms with Gasteiger partial charge in [0.2, 0.25) is 5.95 Å². The summed E-state index contributed by atoms with van der Waals surface area (Å²) in [7, 11) is 0. The van der Waals surface area contributed by atoms with Crippen molar-refractivity contribution in [2.45, 2.75) is 0 Å². The molecule has 0 N–H and O–H groups in total. The highest BCUT2D eigenvalue weighted by atomic mass is 15.2. The topological polar surface area (TPSA) is 35.6 Å². The quantitative estimate of drug-likeness (QED) is 0.185. The lowest BCUT2D eigenvalue weighted by Gasteiger charge is -2.13. The zero-order chi connectivity index (χ0) is 35.3. The normalized spacial score (nSPS) is 12.1. The van der Waals surface area contributed by atoms with E-state index in [1.165, 1.54) is 59.7 Å². The Morgan fingerprint density at radius 1 is 0.315 bits per heavy atom. The van der Waals surface area contributed by atoms with E-state index in [1.54, 1.807) is 0 Å². The minimum Gasteiger partial charge on any atom is -0.309 e. The average Bonchev–Trinajstić information content (AvgIpc) is 3.77. The summed E-state index contributed by atoms with van der Waals surface area (Å²) in [5.41, 5.74) is 10.9. The van der Waals surface area contributed by atoms with E-state index >= 15 is 0 Å². The average molecular weight is 687 g/mol. The van der Waals surface area contributed by atoms with Crippen LogP contribution in [0.2, 0.25) is 0 Å². The molecule has 0 radical (unpaired) electrons. The molecule has 12 rings (SSSR count). The number of aromatic nitrogens is 4. The first kappa shape index (κ1) is 29.3. The van der Waals surface area contributed by atoms with Crippen molar-refractivity contribution < 1.29 is 0 Å². The Kier molecular flexibility index (Phi) is 6.02. The fourth-order valence-electron chi connectivity index (χ4n) is 9.03. The van der Waals surface area contributed by atoms with E-state index in [4.69, 9.17) is 9.97 Å². The van der Waals surface area contributed by atoms with Gasteiger partial charge in [-0.25, -0.2) is 9.97 Å². The molecule has 3 aromatic heterocycles. The van der Waals surface area contributed by atoms with Gasteiger partial charge in [-0.3, -0.25) is 4.57 Å². The lowest BCUT2D eigenvalue weighted by Crippen LogP contribution is -2.03. The van der Waals surface area contributed by atoms with Crippen LogP contribution >= 0.6 is 0 Å². The summed E-state index contributed by atoms with van der Waals surface area (Å²) < 4.78 is 4.73. The van der Waals surface area contributed by atoms with E-state index in [2.05, 4.69) is 191 Å². The Labute approximate surface area is 310 Å². The van der Waals surface area contributed by atoms with Crippen LogP contribution < -0.4 is 0 Å². The third-order valence-corrected chi connectivity index (χ3v) is 11.3. The molecule has 3 heterocycles. The molecule has 54 heavy (non-hydrogen) atoms. The zero-order valence-electron chi connectivity index (χ0n) is 29.1. The fraction of sp³-hybridized carbons (Fsp3) is 0. The summed E-state index contributed by atoms with van der Waals surface area (Å²) >= 11 is 0. The summed E-state index contributed by atoms with van der Waals surface area (Å²) in [6.45, 7) is 0. The molecule has 0 amide bonds. The molecule has 4 nitrogen and oxygen atoms in total. The molecule has 0 bridgehead atoms. The van der Waals surface area contributed by atoms with Gasteiger partial charge >= 0.3 is 0 Å². The van der Waals surface area contributed by atoms with Gasteiger partial charge in [0.05, 0.1) is 33.3 Å². The molecule has 0 fully saturated rings. The highest BCUT2D eigenvalue weighted by Gasteiger charge is 2.25. The minimum absolute atomic E-state index is 0.657. The maximum absolute atomic E-state index is 5.50.